The Morgan fingerprint density at radius 3 is 1.27 bits per heavy atom. The standard InChI is InChI=1S/2C6H5.Al.ClH.H2O/c2*1-2-4-6-5-3-1;;;/h2*1-5H;;1H;1H2/q;;+1;;/p-1. The van der Waals surface area contributed by atoms with E-state index >= 15 is 0 Å². The zero-order valence-corrected chi connectivity index (χ0v) is 10.1. The van der Waals surface area contributed by atoms with Crippen molar-refractivity contribution in [1.29, 1.82) is 0 Å². The fourth-order valence-electron chi connectivity index (χ4n) is 1.29. The molecule has 0 aliphatic rings. The molecule has 76 valence electrons. The van der Waals surface area contributed by atoms with Crippen LogP contribution in [0.25, 0.3) is 0 Å². The van der Waals surface area contributed by atoms with Gasteiger partial charge in [-0.05, 0) is 0 Å². The molecule has 0 amide bonds. The van der Waals surface area contributed by atoms with E-state index in [1.165, 1.54) is 8.85 Å². The molecule has 0 unspecified atom stereocenters. The van der Waals surface area contributed by atoms with Gasteiger partial charge in [-0.2, -0.15) is 0 Å². The van der Waals surface area contributed by atoms with Gasteiger partial charge in [0, 0.05) is 0 Å². The summed E-state index contributed by atoms with van der Waals surface area (Å²) < 4.78 is 2.90. The minimum absolute atomic E-state index is 0. The molecule has 0 heterocycles. The van der Waals surface area contributed by atoms with Gasteiger partial charge in [-0.25, -0.2) is 0 Å². The molecule has 0 aliphatic heterocycles. The van der Waals surface area contributed by atoms with Crippen LogP contribution in [0.5, 0.6) is 0 Å². The molecular weight excluding hydrogens is 223 g/mol. The second kappa shape index (κ2) is 7.51. The van der Waals surface area contributed by atoms with Crippen LogP contribution < -0.4 is 21.3 Å². The van der Waals surface area contributed by atoms with E-state index in [1.54, 1.807) is 0 Å². The molecule has 2 N–H and O–H groups in total. The topological polar surface area (TPSA) is 31.5 Å². The van der Waals surface area contributed by atoms with Gasteiger partial charge in [-0.1, -0.05) is 0 Å². The van der Waals surface area contributed by atoms with Crippen molar-refractivity contribution in [3.05, 3.63) is 60.7 Å². The summed E-state index contributed by atoms with van der Waals surface area (Å²) in [7, 11) is 0. The molecule has 2 aromatic carbocycles. The minimum atomic E-state index is 0. The van der Waals surface area contributed by atoms with Gasteiger partial charge in [0.25, 0.3) is 0 Å². The fraction of sp³-hybridized carbons (Fsp3) is 0. The van der Waals surface area contributed by atoms with Crippen LogP contribution in [0.3, 0.4) is 0 Å². The van der Waals surface area contributed by atoms with E-state index in [2.05, 4.69) is 60.7 Å². The van der Waals surface area contributed by atoms with Crippen LogP contribution in [-0.2, 0) is 0 Å². The maximum absolute atomic E-state index is 2.20. The van der Waals surface area contributed by atoms with E-state index in [0.29, 0.717) is 0 Å². The summed E-state index contributed by atoms with van der Waals surface area (Å²) in [5.74, 6) is 0. The molecule has 15 heavy (non-hydrogen) atoms. The second-order valence-corrected chi connectivity index (χ2v) is 4.59. The Morgan fingerprint density at radius 2 is 0.933 bits per heavy atom. The van der Waals surface area contributed by atoms with Crippen LogP contribution in [0.15, 0.2) is 60.7 Å². The van der Waals surface area contributed by atoms with Gasteiger partial charge in [0.1, 0.15) is 0 Å². The van der Waals surface area contributed by atoms with Gasteiger partial charge >= 0.3 is 84.7 Å². The number of benzene rings is 2. The van der Waals surface area contributed by atoms with Crippen molar-refractivity contribution >= 4 is 24.1 Å². The number of halogens is 1. The Bertz CT molecular complexity index is 326. The van der Waals surface area contributed by atoms with E-state index in [1.807, 2.05) is 0 Å². The summed E-state index contributed by atoms with van der Waals surface area (Å²) in [6, 6.07) is 21.3. The van der Waals surface area contributed by atoms with Crippen LogP contribution in [-0.4, -0.2) is 20.7 Å². The van der Waals surface area contributed by atoms with E-state index in [9.17, 15) is 0 Å². The van der Waals surface area contributed by atoms with Crippen molar-refractivity contribution in [2.75, 3.05) is 0 Å². The van der Waals surface area contributed by atoms with E-state index in [0.717, 1.165) is 0 Å². The Hall–Kier alpha value is -0.778. The van der Waals surface area contributed by atoms with Crippen molar-refractivity contribution in [3.8, 4) is 0 Å². The Kier molecular flexibility index (Phi) is 7.12. The van der Waals surface area contributed by atoms with Crippen molar-refractivity contribution in [2.24, 2.45) is 0 Å². The summed E-state index contributed by atoms with van der Waals surface area (Å²) in [4.78, 5) is 0. The molecule has 0 aromatic heterocycles. The quantitative estimate of drug-likeness (QED) is 0.516. The van der Waals surface area contributed by atoms with E-state index < -0.39 is 0 Å². The van der Waals surface area contributed by atoms with E-state index in [4.69, 9.17) is 0 Å². The normalized spacial score (nSPS) is 8.00. The monoisotopic (exact) mass is 234 g/mol. The van der Waals surface area contributed by atoms with Crippen LogP contribution >= 0.6 is 0 Å². The van der Waals surface area contributed by atoms with Crippen molar-refractivity contribution in [1.82, 2.24) is 0 Å². The molecule has 0 atom stereocenters. The third-order valence-corrected chi connectivity index (χ3v) is 3.37. The first-order valence-corrected chi connectivity index (χ1v) is 5.55. The number of rotatable bonds is 2. The average molecular weight is 235 g/mol. The van der Waals surface area contributed by atoms with Crippen LogP contribution in [0.1, 0.15) is 0 Å². The fourth-order valence-corrected chi connectivity index (χ4v) is 2.51. The third-order valence-electron chi connectivity index (χ3n) is 1.93. The first-order valence-electron chi connectivity index (χ1n) is 4.40. The predicted molar refractivity (Wildman–Crippen MR) is 61.5 cm³/mol. The van der Waals surface area contributed by atoms with Crippen LogP contribution in [0, 0.1) is 0 Å². The molecule has 0 fully saturated rings. The van der Waals surface area contributed by atoms with Gasteiger partial charge in [0.15, 0.2) is 0 Å². The van der Waals surface area contributed by atoms with Gasteiger partial charge in [-0.3, -0.25) is 0 Å². The van der Waals surface area contributed by atoms with Gasteiger partial charge in [0.2, 0.25) is 0 Å². The maximum atomic E-state index is 2.20. The molecule has 3 heteroatoms. The SMILES string of the molecule is O.[Cl-].c1cc[c]([Al+][c]2ccccc2)cc1. The zero-order chi connectivity index (χ0) is 8.93. The van der Waals surface area contributed by atoms with Crippen molar-refractivity contribution in [3.63, 3.8) is 0 Å². The summed E-state index contributed by atoms with van der Waals surface area (Å²) in [6.07, 6.45) is 0. The Labute approximate surface area is 103 Å². The molecule has 0 aliphatic carbocycles. The van der Waals surface area contributed by atoms with E-state index in [-0.39, 0.29) is 33.1 Å². The molecule has 0 radical (unpaired) electrons. The second-order valence-electron chi connectivity index (χ2n) is 2.97. The Balaban J connectivity index is 0.000000980. The molecule has 2 aromatic rings. The molecule has 1 nitrogen and oxygen atoms in total. The Morgan fingerprint density at radius 1 is 0.600 bits per heavy atom. The molecule has 0 saturated heterocycles. The van der Waals surface area contributed by atoms with Gasteiger partial charge < -0.3 is 17.9 Å². The van der Waals surface area contributed by atoms with Gasteiger partial charge in [-0.15, -0.1) is 0 Å². The van der Waals surface area contributed by atoms with Crippen LogP contribution in [0.2, 0.25) is 0 Å². The summed E-state index contributed by atoms with van der Waals surface area (Å²) in [6.45, 7) is 0. The summed E-state index contributed by atoms with van der Waals surface area (Å²) >= 11 is 0.271. The molecule has 0 saturated carbocycles. The molecular formula is C12H12AlClO. The van der Waals surface area contributed by atoms with Crippen LogP contribution in [0.4, 0.5) is 0 Å². The molecule has 0 spiro atoms. The summed E-state index contributed by atoms with van der Waals surface area (Å²) in [5, 5.41) is 0. The van der Waals surface area contributed by atoms with Crippen molar-refractivity contribution in [2.45, 2.75) is 0 Å². The number of hydrogen-bond acceptors (Lipinski definition) is 0. The summed E-state index contributed by atoms with van der Waals surface area (Å²) in [5.41, 5.74) is 0. The number of hydrogen-bond donors (Lipinski definition) is 0. The van der Waals surface area contributed by atoms with Gasteiger partial charge in [0.05, 0.1) is 0 Å². The van der Waals surface area contributed by atoms with Crippen molar-refractivity contribution < 1.29 is 17.9 Å². The first kappa shape index (κ1) is 14.2. The molecule has 0 bridgehead atoms. The first-order chi connectivity index (χ1) is 6.45. The average Bonchev–Trinajstić information content (AvgIpc) is 2.21. The predicted octanol–water partition coefficient (Wildman–Crippen LogP) is -2.48. The third kappa shape index (κ3) is 4.51. The molecule has 2 rings (SSSR count). The zero-order valence-electron chi connectivity index (χ0n) is 8.23.